The Hall–Kier alpha value is -0.630. The van der Waals surface area contributed by atoms with Crippen LogP contribution in [0, 0.1) is 11.3 Å². The van der Waals surface area contributed by atoms with E-state index >= 15 is 0 Å². The predicted molar refractivity (Wildman–Crippen MR) is 59.5 cm³/mol. The lowest BCUT2D eigenvalue weighted by atomic mass is 10.0. The van der Waals surface area contributed by atoms with Gasteiger partial charge in [0, 0.05) is 19.6 Å². The van der Waals surface area contributed by atoms with Crippen LogP contribution in [0.5, 0.6) is 0 Å². The molecule has 15 heavy (non-hydrogen) atoms. The van der Waals surface area contributed by atoms with Crippen molar-refractivity contribution in [2.24, 2.45) is 0 Å². The van der Waals surface area contributed by atoms with Gasteiger partial charge < -0.3 is 4.74 Å². The molecule has 1 N–H and O–H groups in total. The molecular formula is C11H21N3O. The van der Waals surface area contributed by atoms with E-state index in [1.165, 1.54) is 0 Å². The molecule has 1 fully saturated rings. The van der Waals surface area contributed by atoms with E-state index in [1.807, 2.05) is 13.8 Å². The van der Waals surface area contributed by atoms with Gasteiger partial charge in [-0.3, -0.25) is 10.2 Å². The summed E-state index contributed by atoms with van der Waals surface area (Å²) in [5.74, 6) is 0. The summed E-state index contributed by atoms with van der Waals surface area (Å²) in [5.41, 5.74) is -0.439. The average Bonchev–Trinajstić information content (AvgIpc) is 2.18. The number of morpholine rings is 1. The van der Waals surface area contributed by atoms with E-state index in [0.29, 0.717) is 0 Å². The first-order valence-corrected chi connectivity index (χ1v) is 5.60. The van der Waals surface area contributed by atoms with Gasteiger partial charge in [-0.1, -0.05) is 6.92 Å². The Labute approximate surface area is 92.2 Å². The largest absolute Gasteiger partial charge is 0.376 e. The number of hydrogen-bond donors (Lipinski definition) is 1. The van der Waals surface area contributed by atoms with Crippen molar-refractivity contribution in [2.75, 3.05) is 32.8 Å². The van der Waals surface area contributed by atoms with E-state index in [9.17, 15) is 0 Å². The van der Waals surface area contributed by atoms with Gasteiger partial charge >= 0.3 is 0 Å². The van der Waals surface area contributed by atoms with Gasteiger partial charge in [0.15, 0.2) is 0 Å². The van der Waals surface area contributed by atoms with E-state index < -0.39 is 5.54 Å². The van der Waals surface area contributed by atoms with Crippen molar-refractivity contribution in [3.63, 3.8) is 0 Å². The summed E-state index contributed by atoms with van der Waals surface area (Å²) in [6.07, 6.45) is 0.281. The van der Waals surface area contributed by atoms with Gasteiger partial charge in [-0.15, -0.1) is 0 Å². The highest BCUT2D eigenvalue weighted by molar-refractivity contribution is 5.05. The Balaban J connectivity index is 2.47. The van der Waals surface area contributed by atoms with Crippen molar-refractivity contribution in [1.82, 2.24) is 10.2 Å². The maximum absolute atomic E-state index is 9.14. The van der Waals surface area contributed by atoms with Crippen molar-refractivity contribution in [2.45, 2.75) is 32.4 Å². The molecule has 2 unspecified atom stereocenters. The van der Waals surface area contributed by atoms with Crippen molar-refractivity contribution < 1.29 is 4.74 Å². The van der Waals surface area contributed by atoms with E-state index in [2.05, 4.69) is 23.2 Å². The van der Waals surface area contributed by atoms with Crippen LogP contribution in [0.3, 0.4) is 0 Å². The fourth-order valence-electron chi connectivity index (χ4n) is 2.00. The van der Waals surface area contributed by atoms with Gasteiger partial charge in [0.25, 0.3) is 0 Å². The normalized spacial score (nSPS) is 26.9. The smallest absolute Gasteiger partial charge is 0.116 e. The predicted octanol–water partition coefficient (Wildman–Crippen LogP) is 0.599. The second kappa shape index (κ2) is 5.45. The first-order valence-electron chi connectivity index (χ1n) is 5.60. The van der Waals surface area contributed by atoms with E-state index in [1.54, 1.807) is 0 Å². The molecule has 0 amide bonds. The van der Waals surface area contributed by atoms with Crippen molar-refractivity contribution >= 4 is 0 Å². The monoisotopic (exact) mass is 211 g/mol. The third-order valence-corrected chi connectivity index (χ3v) is 2.68. The minimum absolute atomic E-state index is 0.281. The molecule has 1 aliphatic heterocycles. The summed E-state index contributed by atoms with van der Waals surface area (Å²) in [5, 5.41) is 12.4. The third kappa shape index (κ3) is 3.78. The minimum Gasteiger partial charge on any atom is -0.376 e. The fourth-order valence-corrected chi connectivity index (χ4v) is 2.00. The maximum atomic E-state index is 9.14. The molecule has 1 rings (SSSR count). The Kier molecular flexibility index (Phi) is 4.52. The van der Waals surface area contributed by atoms with Crippen LogP contribution in [0.15, 0.2) is 0 Å². The van der Waals surface area contributed by atoms with Crippen LogP contribution in [0.1, 0.15) is 20.8 Å². The zero-order valence-electron chi connectivity index (χ0n) is 9.92. The molecule has 0 aromatic rings. The summed E-state index contributed by atoms with van der Waals surface area (Å²) in [6.45, 7) is 10.3. The molecule has 0 aliphatic carbocycles. The zero-order valence-corrected chi connectivity index (χ0v) is 9.92. The molecule has 2 atom stereocenters. The molecule has 0 spiro atoms. The van der Waals surface area contributed by atoms with Gasteiger partial charge in [0.05, 0.1) is 18.8 Å². The number of nitrogens with one attached hydrogen (secondary N) is 1. The summed E-state index contributed by atoms with van der Waals surface area (Å²) in [6, 6.07) is 2.35. The molecule has 0 aromatic carbocycles. The minimum atomic E-state index is -0.439. The highest BCUT2D eigenvalue weighted by atomic mass is 16.5. The van der Waals surface area contributed by atoms with Crippen LogP contribution in [0.25, 0.3) is 0 Å². The second-order valence-electron chi connectivity index (χ2n) is 4.39. The number of likely N-dealkylation sites (N-methyl/N-ethyl adjacent to an activating group) is 1. The van der Waals surface area contributed by atoms with Crippen LogP contribution in [-0.2, 0) is 4.74 Å². The third-order valence-electron chi connectivity index (χ3n) is 2.68. The van der Waals surface area contributed by atoms with Gasteiger partial charge in [-0.05, 0) is 20.4 Å². The number of hydrogen-bond acceptors (Lipinski definition) is 4. The van der Waals surface area contributed by atoms with Gasteiger partial charge in [0.1, 0.15) is 5.54 Å². The quantitative estimate of drug-likeness (QED) is 0.739. The molecule has 0 bridgehead atoms. The lowest BCUT2D eigenvalue weighted by Gasteiger charge is -2.35. The molecule has 0 radical (unpaired) electrons. The molecule has 1 saturated heterocycles. The van der Waals surface area contributed by atoms with Gasteiger partial charge in [-0.2, -0.15) is 5.26 Å². The summed E-state index contributed by atoms with van der Waals surface area (Å²) in [7, 11) is 0. The average molecular weight is 211 g/mol. The molecule has 0 saturated carbocycles. The molecule has 1 heterocycles. The summed E-state index contributed by atoms with van der Waals surface area (Å²) >= 11 is 0. The van der Waals surface area contributed by atoms with Crippen LogP contribution in [0.2, 0.25) is 0 Å². The lowest BCUT2D eigenvalue weighted by Crippen LogP contribution is -2.54. The van der Waals surface area contributed by atoms with Gasteiger partial charge in [0.2, 0.25) is 0 Å². The first-order chi connectivity index (χ1) is 7.09. The van der Waals surface area contributed by atoms with Gasteiger partial charge in [-0.25, -0.2) is 0 Å². The number of nitriles is 1. The molecular weight excluding hydrogens is 190 g/mol. The second-order valence-corrected chi connectivity index (χ2v) is 4.39. The summed E-state index contributed by atoms with van der Waals surface area (Å²) in [4.78, 5) is 2.29. The molecule has 4 nitrogen and oxygen atoms in total. The standard InChI is InChI=1S/C11H21N3O/c1-4-13-11(3,8-12)9-14-5-6-15-10(2)7-14/h10,13H,4-7,9H2,1-3H3. The Morgan fingerprint density at radius 2 is 2.40 bits per heavy atom. The van der Waals surface area contributed by atoms with E-state index in [0.717, 1.165) is 32.8 Å². The van der Waals surface area contributed by atoms with Crippen molar-refractivity contribution in [3.8, 4) is 6.07 Å². The van der Waals surface area contributed by atoms with E-state index in [-0.39, 0.29) is 6.10 Å². The van der Waals surface area contributed by atoms with E-state index in [4.69, 9.17) is 10.00 Å². The zero-order chi connectivity index (χ0) is 11.3. The first kappa shape index (κ1) is 12.4. The SMILES string of the molecule is CCNC(C)(C#N)CN1CCOC(C)C1. The highest BCUT2D eigenvalue weighted by Gasteiger charge is 2.28. The Morgan fingerprint density at radius 1 is 1.67 bits per heavy atom. The van der Waals surface area contributed by atoms with Crippen molar-refractivity contribution in [3.05, 3.63) is 0 Å². The molecule has 4 heteroatoms. The highest BCUT2D eigenvalue weighted by Crippen LogP contribution is 2.10. The van der Waals surface area contributed by atoms with Crippen LogP contribution in [0.4, 0.5) is 0 Å². The Morgan fingerprint density at radius 3 is 2.93 bits per heavy atom. The van der Waals surface area contributed by atoms with Crippen LogP contribution < -0.4 is 5.32 Å². The Bertz CT molecular complexity index is 238. The number of rotatable bonds is 4. The fraction of sp³-hybridized carbons (Fsp3) is 0.909. The van der Waals surface area contributed by atoms with Crippen molar-refractivity contribution in [1.29, 1.82) is 5.26 Å². The molecule has 1 aliphatic rings. The molecule has 0 aromatic heterocycles. The summed E-state index contributed by atoms with van der Waals surface area (Å²) < 4.78 is 5.47. The number of nitrogens with zero attached hydrogens (tertiary/aromatic N) is 2. The topological polar surface area (TPSA) is 48.3 Å². The molecule has 86 valence electrons. The number of ether oxygens (including phenoxy) is 1. The lowest BCUT2D eigenvalue weighted by molar-refractivity contribution is -0.0232. The van der Waals surface area contributed by atoms with Crippen LogP contribution in [-0.4, -0.2) is 49.3 Å². The van der Waals surface area contributed by atoms with Crippen LogP contribution >= 0.6 is 0 Å². The maximum Gasteiger partial charge on any atom is 0.116 e.